The lowest BCUT2D eigenvalue weighted by Gasteiger charge is -2.32. The predicted molar refractivity (Wildman–Crippen MR) is 101 cm³/mol. The van der Waals surface area contributed by atoms with E-state index < -0.39 is 15.1 Å². The van der Waals surface area contributed by atoms with E-state index in [1.807, 2.05) is 18.2 Å². The molecular formula is C20H25NO4S. The molecule has 6 heteroatoms. The quantitative estimate of drug-likeness (QED) is 0.776. The third kappa shape index (κ3) is 4.02. The van der Waals surface area contributed by atoms with E-state index in [2.05, 4.69) is 17.0 Å². The molecule has 0 N–H and O–H groups in total. The van der Waals surface area contributed by atoms with Crippen molar-refractivity contribution in [2.24, 2.45) is 0 Å². The van der Waals surface area contributed by atoms with Crippen LogP contribution in [0.5, 0.6) is 11.5 Å². The van der Waals surface area contributed by atoms with Gasteiger partial charge in [-0.15, -0.1) is 0 Å². The normalized spacial score (nSPS) is 18.5. The van der Waals surface area contributed by atoms with Gasteiger partial charge in [-0.25, -0.2) is 8.42 Å². The molecule has 0 aromatic heterocycles. The molecule has 1 saturated heterocycles. The Bertz CT molecular complexity index is 836. The summed E-state index contributed by atoms with van der Waals surface area (Å²) in [5, 5.41) is -0.405. The summed E-state index contributed by atoms with van der Waals surface area (Å²) in [5.74, 6) is 0.964. The van der Waals surface area contributed by atoms with Gasteiger partial charge in [0, 0.05) is 19.2 Å². The summed E-state index contributed by atoms with van der Waals surface area (Å²) in [5.41, 5.74) is 1.21. The van der Waals surface area contributed by atoms with Crippen LogP contribution in [0.2, 0.25) is 0 Å². The van der Waals surface area contributed by atoms with Gasteiger partial charge in [-0.05, 0) is 37.1 Å². The minimum atomic E-state index is -3.42. The number of rotatable bonds is 6. The second-order valence-corrected chi connectivity index (χ2v) is 8.77. The van der Waals surface area contributed by atoms with Gasteiger partial charge in [0.05, 0.1) is 24.4 Å². The van der Waals surface area contributed by atoms with Crippen molar-refractivity contribution in [1.82, 2.24) is 4.90 Å². The molecule has 1 atom stereocenters. The number of benzene rings is 2. The average molecular weight is 375 g/mol. The molecule has 1 heterocycles. The van der Waals surface area contributed by atoms with Gasteiger partial charge in [0.25, 0.3) is 0 Å². The van der Waals surface area contributed by atoms with Crippen LogP contribution in [0.3, 0.4) is 0 Å². The lowest BCUT2D eigenvalue weighted by Crippen LogP contribution is -2.41. The lowest BCUT2D eigenvalue weighted by atomic mass is 10.1. The zero-order valence-electron chi connectivity index (χ0n) is 15.2. The number of piperidine rings is 1. The minimum Gasteiger partial charge on any atom is -0.493 e. The first-order chi connectivity index (χ1) is 12.5. The molecular weight excluding hydrogens is 350 g/mol. The van der Waals surface area contributed by atoms with E-state index in [0.29, 0.717) is 29.4 Å². The molecule has 0 radical (unpaired) electrons. The summed E-state index contributed by atoms with van der Waals surface area (Å²) in [6, 6.07) is 15.0. The van der Waals surface area contributed by atoms with Crippen molar-refractivity contribution in [3.63, 3.8) is 0 Å². The summed E-state index contributed by atoms with van der Waals surface area (Å²) >= 11 is 0. The molecule has 0 amide bonds. The van der Waals surface area contributed by atoms with Crippen molar-refractivity contribution in [2.45, 2.75) is 29.5 Å². The zero-order valence-corrected chi connectivity index (χ0v) is 16.0. The fourth-order valence-corrected chi connectivity index (χ4v) is 5.24. The Labute approximate surface area is 155 Å². The van der Waals surface area contributed by atoms with Gasteiger partial charge in [0.1, 0.15) is 0 Å². The number of likely N-dealkylation sites (tertiary alicyclic amines) is 1. The maximum absolute atomic E-state index is 13.1. The van der Waals surface area contributed by atoms with E-state index in [-0.39, 0.29) is 0 Å². The van der Waals surface area contributed by atoms with E-state index in [1.165, 1.54) is 19.8 Å². The maximum atomic E-state index is 13.1. The van der Waals surface area contributed by atoms with Gasteiger partial charge < -0.3 is 9.47 Å². The average Bonchev–Trinajstić information content (AvgIpc) is 2.68. The summed E-state index contributed by atoms with van der Waals surface area (Å²) in [6.45, 7) is 2.25. The fraction of sp³-hybridized carbons (Fsp3) is 0.400. The standard InChI is InChI=1S/C20H25NO4S/c1-24-19-11-10-17(13-20(19)25-2)26(22,23)18-9-6-12-21(15-18)14-16-7-4-3-5-8-16/h3-5,7-8,10-11,13,18H,6,9,12,14-15H2,1-2H3. The fourth-order valence-electron chi connectivity index (χ4n) is 3.44. The Hall–Kier alpha value is -2.05. The first-order valence-electron chi connectivity index (χ1n) is 8.77. The molecule has 3 rings (SSSR count). The topological polar surface area (TPSA) is 55.8 Å². The van der Waals surface area contributed by atoms with Crippen LogP contribution in [0.25, 0.3) is 0 Å². The zero-order chi connectivity index (χ0) is 18.6. The van der Waals surface area contributed by atoms with E-state index in [0.717, 1.165) is 19.5 Å². The second kappa shape index (κ2) is 8.10. The van der Waals surface area contributed by atoms with Gasteiger partial charge in [-0.2, -0.15) is 0 Å². The van der Waals surface area contributed by atoms with Crippen molar-refractivity contribution >= 4 is 9.84 Å². The lowest BCUT2D eigenvalue weighted by molar-refractivity contribution is 0.222. The molecule has 2 aromatic carbocycles. The Morgan fingerprint density at radius 2 is 1.77 bits per heavy atom. The van der Waals surface area contributed by atoms with E-state index in [9.17, 15) is 8.42 Å². The van der Waals surface area contributed by atoms with Gasteiger partial charge in [-0.1, -0.05) is 30.3 Å². The molecule has 0 spiro atoms. The van der Waals surface area contributed by atoms with Crippen molar-refractivity contribution in [1.29, 1.82) is 0 Å². The molecule has 140 valence electrons. The molecule has 0 saturated carbocycles. The molecule has 1 aliphatic heterocycles. The van der Waals surface area contributed by atoms with Crippen LogP contribution in [-0.2, 0) is 16.4 Å². The van der Waals surface area contributed by atoms with Crippen LogP contribution in [0, 0.1) is 0 Å². The van der Waals surface area contributed by atoms with Crippen molar-refractivity contribution in [3.8, 4) is 11.5 Å². The van der Waals surface area contributed by atoms with Gasteiger partial charge in [-0.3, -0.25) is 4.90 Å². The Balaban J connectivity index is 1.78. The number of hydrogen-bond acceptors (Lipinski definition) is 5. The highest BCUT2D eigenvalue weighted by atomic mass is 32.2. The number of methoxy groups -OCH3 is 2. The predicted octanol–water partition coefficient (Wildman–Crippen LogP) is 3.14. The summed E-state index contributed by atoms with van der Waals surface area (Å²) in [4.78, 5) is 2.52. The van der Waals surface area contributed by atoms with E-state index >= 15 is 0 Å². The van der Waals surface area contributed by atoms with E-state index in [1.54, 1.807) is 18.2 Å². The van der Waals surface area contributed by atoms with Crippen LogP contribution < -0.4 is 9.47 Å². The van der Waals surface area contributed by atoms with Crippen LogP contribution in [0.15, 0.2) is 53.4 Å². The van der Waals surface area contributed by atoms with E-state index in [4.69, 9.17) is 9.47 Å². The van der Waals surface area contributed by atoms with Gasteiger partial charge in [0.15, 0.2) is 21.3 Å². The Morgan fingerprint density at radius 1 is 1.04 bits per heavy atom. The maximum Gasteiger partial charge on any atom is 0.182 e. The summed E-state index contributed by atoms with van der Waals surface area (Å²) in [7, 11) is -0.375. The third-order valence-electron chi connectivity index (χ3n) is 4.83. The highest BCUT2D eigenvalue weighted by molar-refractivity contribution is 7.92. The number of sulfone groups is 1. The highest BCUT2D eigenvalue weighted by Crippen LogP contribution is 2.32. The monoisotopic (exact) mass is 375 g/mol. The molecule has 26 heavy (non-hydrogen) atoms. The smallest absolute Gasteiger partial charge is 0.182 e. The molecule has 2 aromatic rings. The van der Waals surface area contributed by atoms with Crippen LogP contribution >= 0.6 is 0 Å². The van der Waals surface area contributed by atoms with Crippen molar-refractivity contribution in [3.05, 3.63) is 54.1 Å². The number of hydrogen-bond donors (Lipinski definition) is 0. The first kappa shape index (κ1) is 18.7. The molecule has 0 bridgehead atoms. The SMILES string of the molecule is COc1ccc(S(=O)(=O)C2CCCN(Cc3ccccc3)C2)cc1OC. The molecule has 1 fully saturated rings. The summed E-state index contributed by atoms with van der Waals surface area (Å²) < 4.78 is 36.7. The molecule has 1 unspecified atom stereocenters. The van der Waals surface area contributed by atoms with Crippen LogP contribution in [-0.4, -0.2) is 45.9 Å². The number of ether oxygens (including phenoxy) is 2. The van der Waals surface area contributed by atoms with Gasteiger partial charge >= 0.3 is 0 Å². The minimum absolute atomic E-state index is 0.293. The van der Waals surface area contributed by atoms with Crippen molar-refractivity contribution in [2.75, 3.05) is 27.3 Å². The molecule has 5 nitrogen and oxygen atoms in total. The highest BCUT2D eigenvalue weighted by Gasteiger charge is 2.32. The van der Waals surface area contributed by atoms with Crippen LogP contribution in [0.4, 0.5) is 0 Å². The molecule has 0 aliphatic carbocycles. The van der Waals surface area contributed by atoms with Crippen LogP contribution in [0.1, 0.15) is 18.4 Å². The third-order valence-corrected chi connectivity index (χ3v) is 7.01. The molecule has 1 aliphatic rings. The van der Waals surface area contributed by atoms with Gasteiger partial charge in [0.2, 0.25) is 0 Å². The number of nitrogens with zero attached hydrogens (tertiary/aromatic N) is 1. The largest absolute Gasteiger partial charge is 0.493 e. The summed E-state index contributed by atoms with van der Waals surface area (Å²) in [6.07, 6.45) is 1.56. The second-order valence-electron chi connectivity index (χ2n) is 6.55. The van der Waals surface area contributed by atoms with Crippen molar-refractivity contribution < 1.29 is 17.9 Å². The Morgan fingerprint density at radius 3 is 2.46 bits per heavy atom. The first-order valence-corrected chi connectivity index (χ1v) is 10.3. The Kier molecular flexibility index (Phi) is 5.84.